The number of H-pyrrole nitrogens is 1. The van der Waals surface area contributed by atoms with Crippen molar-refractivity contribution >= 4 is 0 Å². The van der Waals surface area contributed by atoms with E-state index < -0.39 is 5.56 Å². The third kappa shape index (κ3) is 2.85. The van der Waals surface area contributed by atoms with E-state index >= 15 is 0 Å². The molecule has 0 spiro atoms. The Labute approximate surface area is 133 Å². The van der Waals surface area contributed by atoms with Crippen LogP contribution < -0.4 is 10.3 Å². The lowest BCUT2D eigenvalue weighted by molar-refractivity contribution is 0.415. The van der Waals surface area contributed by atoms with Gasteiger partial charge >= 0.3 is 0 Å². The van der Waals surface area contributed by atoms with E-state index in [1.807, 2.05) is 66.7 Å². The van der Waals surface area contributed by atoms with Crippen LogP contribution in [0.3, 0.4) is 0 Å². The van der Waals surface area contributed by atoms with E-state index in [0.717, 1.165) is 11.1 Å². The Balaban J connectivity index is 2.23. The number of hydrogen-bond acceptors (Lipinski definition) is 3. The Kier molecular flexibility index (Phi) is 3.94. The second kappa shape index (κ2) is 6.20. The van der Waals surface area contributed by atoms with Gasteiger partial charge in [0.1, 0.15) is 17.4 Å². The lowest BCUT2D eigenvalue weighted by atomic mass is 9.99. The highest BCUT2D eigenvalue weighted by Gasteiger charge is 2.12. The van der Waals surface area contributed by atoms with E-state index in [1.165, 1.54) is 0 Å². The molecule has 23 heavy (non-hydrogen) atoms. The monoisotopic (exact) mass is 302 g/mol. The van der Waals surface area contributed by atoms with Crippen molar-refractivity contribution in [1.29, 1.82) is 5.26 Å². The molecule has 3 rings (SSSR count). The predicted octanol–water partition coefficient (Wildman–Crippen LogP) is 3.59. The van der Waals surface area contributed by atoms with Gasteiger partial charge in [0.05, 0.1) is 7.11 Å². The Bertz CT molecular complexity index is 938. The average Bonchev–Trinajstić information content (AvgIpc) is 2.61. The molecule has 0 saturated heterocycles. The molecule has 1 heterocycles. The molecule has 0 amide bonds. The molecule has 1 N–H and O–H groups in total. The summed E-state index contributed by atoms with van der Waals surface area (Å²) in [6.07, 6.45) is 0. The predicted molar refractivity (Wildman–Crippen MR) is 89.2 cm³/mol. The van der Waals surface area contributed by atoms with Gasteiger partial charge in [0.15, 0.2) is 0 Å². The van der Waals surface area contributed by atoms with Crippen molar-refractivity contribution < 1.29 is 4.74 Å². The highest BCUT2D eigenvalue weighted by Crippen LogP contribution is 2.27. The summed E-state index contributed by atoms with van der Waals surface area (Å²) < 4.78 is 5.22. The minimum atomic E-state index is -0.397. The van der Waals surface area contributed by atoms with Gasteiger partial charge in [-0.05, 0) is 23.8 Å². The van der Waals surface area contributed by atoms with Crippen molar-refractivity contribution in [1.82, 2.24) is 4.98 Å². The fraction of sp³-hybridized carbons (Fsp3) is 0.0526. The minimum absolute atomic E-state index is 0.114. The maximum atomic E-state index is 12.3. The van der Waals surface area contributed by atoms with E-state index in [1.54, 1.807) is 7.11 Å². The van der Waals surface area contributed by atoms with Crippen LogP contribution in [0.1, 0.15) is 5.56 Å². The molecule has 3 aromatic rings. The average molecular weight is 302 g/mol. The molecular weight excluding hydrogens is 288 g/mol. The SMILES string of the molecule is COc1cccc(-c2cc(-c3ccccc3)c(C#N)c(=O)[nH]2)c1. The number of nitriles is 1. The molecule has 0 unspecified atom stereocenters. The summed E-state index contributed by atoms with van der Waals surface area (Å²) in [4.78, 5) is 15.1. The fourth-order valence-electron chi connectivity index (χ4n) is 2.46. The summed E-state index contributed by atoms with van der Waals surface area (Å²) in [5.74, 6) is 0.703. The summed E-state index contributed by atoms with van der Waals surface area (Å²) in [6.45, 7) is 0. The maximum Gasteiger partial charge on any atom is 0.266 e. The van der Waals surface area contributed by atoms with Crippen LogP contribution >= 0.6 is 0 Å². The zero-order valence-electron chi connectivity index (χ0n) is 12.5. The van der Waals surface area contributed by atoms with E-state index in [9.17, 15) is 10.1 Å². The van der Waals surface area contributed by atoms with Crippen LogP contribution in [0.25, 0.3) is 22.4 Å². The number of pyridine rings is 1. The molecule has 0 aliphatic carbocycles. The van der Waals surface area contributed by atoms with Crippen molar-refractivity contribution in [3.05, 3.63) is 76.6 Å². The molecule has 0 radical (unpaired) electrons. The van der Waals surface area contributed by atoms with Gasteiger partial charge in [0, 0.05) is 16.8 Å². The number of rotatable bonds is 3. The first-order chi connectivity index (χ1) is 11.2. The van der Waals surface area contributed by atoms with Gasteiger partial charge in [-0.3, -0.25) is 4.79 Å². The van der Waals surface area contributed by atoms with E-state index in [-0.39, 0.29) is 5.56 Å². The zero-order valence-corrected chi connectivity index (χ0v) is 12.5. The number of benzene rings is 2. The number of hydrogen-bond donors (Lipinski definition) is 1. The van der Waals surface area contributed by atoms with Gasteiger partial charge in [-0.2, -0.15) is 5.26 Å². The first-order valence-electron chi connectivity index (χ1n) is 7.10. The summed E-state index contributed by atoms with van der Waals surface area (Å²) in [5, 5.41) is 9.31. The second-order valence-corrected chi connectivity index (χ2v) is 5.01. The second-order valence-electron chi connectivity index (χ2n) is 5.01. The fourth-order valence-corrected chi connectivity index (χ4v) is 2.46. The van der Waals surface area contributed by atoms with Crippen molar-refractivity contribution in [2.75, 3.05) is 7.11 Å². The highest BCUT2D eigenvalue weighted by molar-refractivity contribution is 5.75. The smallest absolute Gasteiger partial charge is 0.266 e. The third-order valence-electron chi connectivity index (χ3n) is 3.61. The van der Waals surface area contributed by atoms with E-state index in [0.29, 0.717) is 17.0 Å². The van der Waals surface area contributed by atoms with Crippen LogP contribution in [0, 0.1) is 11.3 Å². The van der Waals surface area contributed by atoms with Crippen molar-refractivity contribution in [2.24, 2.45) is 0 Å². The minimum Gasteiger partial charge on any atom is -0.497 e. The quantitative estimate of drug-likeness (QED) is 0.804. The molecule has 0 fully saturated rings. The van der Waals surface area contributed by atoms with E-state index in [4.69, 9.17) is 4.74 Å². The Hall–Kier alpha value is -3.32. The molecule has 0 atom stereocenters. The first kappa shape index (κ1) is 14.6. The van der Waals surface area contributed by atoms with Crippen LogP contribution in [0.5, 0.6) is 5.75 Å². The maximum absolute atomic E-state index is 12.3. The van der Waals surface area contributed by atoms with Crippen molar-refractivity contribution in [2.45, 2.75) is 0 Å². The number of aromatic amines is 1. The number of nitrogens with one attached hydrogen (secondary N) is 1. The van der Waals surface area contributed by atoms with Gasteiger partial charge in [0.2, 0.25) is 0 Å². The zero-order chi connectivity index (χ0) is 16.2. The molecule has 0 saturated carbocycles. The van der Waals surface area contributed by atoms with Gasteiger partial charge in [0.25, 0.3) is 5.56 Å². The number of methoxy groups -OCH3 is 1. The lowest BCUT2D eigenvalue weighted by Crippen LogP contribution is -2.12. The number of nitrogens with zero attached hydrogens (tertiary/aromatic N) is 1. The molecular formula is C19H14N2O2. The first-order valence-corrected chi connectivity index (χ1v) is 7.10. The van der Waals surface area contributed by atoms with Gasteiger partial charge in [-0.1, -0.05) is 42.5 Å². The van der Waals surface area contributed by atoms with Crippen molar-refractivity contribution in [3.63, 3.8) is 0 Å². The van der Waals surface area contributed by atoms with Crippen LogP contribution in [0.15, 0.2) is 65.5 Å². The molecule has 112 valence electrons. The molecule has 4 nitrogen and oxygen atoms in total. The van der Waals surface area contributed by atoms with Crippen LogP contribution in [0.4, 0.5) is 0 Å². The Morgan fingerprint density at radius 3 is 2.43 bits per heavy atom. The molecule has 0 aliphatic heterocycles. The Morgan fingerprint density at radius 1 is 1.00 bits per heavy atom. The molecule has 2 aromatic carbocycles. The normalized spacial score (nSPS) is 10.1. The van der Waals surface area contributed by atoms with Crippen LogP contribution in [-0.2, 0) is 0 Å². The summed E-state index contributed by atoms with van der Waals surface area (Å²) in [5.41, 5.74) is 2.64. The van der Waals surface area contributed by atoms with Crippen LogP contribution in [-0.4, -0.2) is 12.1 Å². The van der Waals surface area contributed by atoms with Crippen LogP contribution in [0.2, 0.25) is 0 Å². The molecule has 0 aliphatic rings. The number of aromatic nitrogens is 1. The highest BCUT2D eigenvalue weighted by atomic mass is 16.5. The number of ether oxygens (including phenoxy) is 1. The Morgan fingerprint density at radius 2 is 1.74 bits per heavy atom. The van der Waals surface area contributed by atoms with Gasteiger partial charge < -0.3 is 9.72 Å². The summed E-state index contributed by atoms with van der Waals surface area (Å²) in [7, 11) is 1.59. The summed E-state index contributed by atoms with van der Waals surface area (Å²) in [6, 6.07) is 20.6. The summed E-state index contributed by atoms with van der Waals surface area (Å²) >= 11 is 0. The molecule has 1 aromatic heterocycles. The lowest BCUT2D eigenvalue weighted by Gasteiger charge is -2.09. The van der Waals surface area contributed by atoms with Gasteiger partial charge in [-0.25, -0.2) is 0 Å². The molecule has 4 heteroatoms. The van der Waals surface area contributed by atoms with E-state index in [2.05, 4.69) is 4.98 Å². The largest absolute Gasteiger partial charge is 0.497 e. The standard InChI is InChI=1S/C19H14N2O2/c1-23-15-9-5-8-14(10-15)18-11-16(13-6-3-2-4-7-13)17(12-20)19(22)21-18/h2-11H,1H3,(H,21,22). The van der Waals surface area contributed by atoms with Gasteiger partial charge in [-0.15, -0.1) is 0 Å². The van der Waals surface area contributed by atoms with Crippen molar-refractivity contribution in [3.8, 4) is 34.2 Å². The topological polar surface area (TPSA) is 65.9 Å². The third-order valence-corrected chi connectivity index (χ3v) is 3.61. The molecule has 0 bridgehead atoms.